The molecule has 11 heavy (non-hydrogen) atoms. The number of hydrogen-bond donors (Lipinski definition) is 1. The van der Waals surface area contributed by atoms with Gasteiger partial charge in [-0.05, 0) is 29.8 Å². The van der Waals surface area contributed by atoms with Crippen molar-refractivity contribution < 1.29 is 9.84 Å². The fourth-order valence-corrected chi connectivity index (χ4v) is 1.17. The zero-order chi connectivity index (χ0) is 7.84. The third kappa shape index (κ3) is 0.792. The molecule has 0 radical (unpaired) electrons. The van der Waals surface area contributed by atoms with Gasteiger partial charge < -0.3 is 9.84 Å². The maximum Gasteiger partial charge on any atom is 0.124 e. The van der Waals surface area contributed by atoms with E-state index in [0.29, 0.717) is 5.76 Å². The van der Waals surface area contributed by atoms with E-state index < -0.39 is 0 Å². The monoisotopic (exact) mass is 148 g/mol. The van der Waals surface area contributed by atoms with Crippen LogP contribution >= 0.6 is 0 Å². The lowest BCUT2D eigenvalue weighted by Crippen LogP contribution is -1.97. The van der Waals surface area contributed by atoms with E-state index in [9.17, 15) is 0 Å². The zero-order valence-electron chi connectivity index (χ0n) is 6.16. The van der Waals surface area contributed by atoms with Gasteiger partial charge in [0.25, 0.3) is 0 Å². The van der Waals surface area contributed by atoms with Crippen LogP contribution in [0.4, 0.5) is 0 Å². The van der Waals surface area contributed by atoms with Gasteiger partial charge in [-0.15, -0.1) is 0 Å². The molecule has 2 nitrogen and oxygen atoms in total. The second-order valence-corrected chi connectivity index (χ2v) is 2.48. The predicted molar refractivity (Wildman–Crippen MR) is 43.5 cm³/mol. The van der Waals surface area contributed by atoms with Crippen LogP contribution in [0.15, 0.2) is 18.2 Å². The van der Waals surface area contributed by atoms with E-state index in [1.165, 1.54) is 0 Å². The highest BCUT2D eigenvalue weighted by atomic mass is 16.5. The molecule has 0 heterocycles. The van der Waals surface area contributed by atoms with E-state index in [4.69, 9.17) is 9.84 Å². The van der Waals surface area contributed by atoms with Crippen molar-refractivity contribution in [1.29, 1.82) is 0 Å². The lowest BCUT2D eigenvalue weighted by atomic mass is 9.95. The molecule has 1 aromatic carbocycles. The van der Waals surface area contributed by atoms with Crippen LogP contribution in [0.3, 0.4) is 0 Å². The van der Waals surface area contributed by atoms with Crippen molar-refractivity contribution in [2.75, 3.05) is 7.11 Å². The van der Waals surface area contributed by atoms with Crippen molar-refractivity contribution in [3.8, 4) is 5.75 Å². The minimum Gasteiger partial charge on any atom is -0.507 e. The molecule has 1 aromatic rings. The average Bonchev–Trinajstić information content (AvgIpc) is 2.02. The molecule has 56 valence electrons. The highest BCUT2D eigenvalue weighted by Gasteiger charge is 2.14. The van der Waals surface area contributed by atoms with Crippen LogP contribution in [-0.4, -0.2) is 12.2 Å². The van der Waals surface area contributed by atoms with Gasteiger partial charge in [-0.1, -0.05) is 0 Å². The molecule has 0 spiro atoms. The number of fused-ring (bicyclic) bond motifs is 1. The SMILES string of the molecule is COc1ccc2c(c1)C=C2O. The molecule has 2 heteroatoms. The van der Waals surface area contributed by atoms with Crippen molar-refractivity contribution in [1.82, 2.24) is 0 Å². The Morgan fingerprint density at radius 2 is 2.18 bits per heavy atom. The van der Waals surface area contributed by atoms with Crippen LogP contribution in [0.1, 0.15) is 11.1 Å². The normalized spacial score (nSPS) is 13.0. The molecule has 1 aliphatic carbocycles. The molecule has 0 unspecified atom stereocenters. The second kappa shape index (κ2) is 2.02. The largest absolute Gasteiger partial charge is 0.507 e. The fraction of sp³-hybridized carbons (Fsp3) is 0.111. The van der Waals surface area contributed by atoms with Gasteiger partial charge in [0.15, 0.2) is 0 Å². The predicted octanol–water partition coefficient (Wildman–Crippen LogP) is 2.06. The molecule has 1 aliphatic rings. The van der Waals surface area contributed by atoms with E-state index in [2.05, 4.69) is 0 Å². The summed E-state index contributed by atoms with van der Waals surface area (Å²) in [5.41, 5.74) is 1.95. The minimum atomic E-state index is 0.364. The first-order chi connectivity index (χ1) is 5.31. The van der Waals surface area contributed by atoms with Crippen LogP contribution in [0.5, 0.6) is 5.75 Å². The molecule has 0 amide bonds. The molecule has 0 aliphatic heterocycles. The Kier molecular flexibility index (Phi) is 1.15. The van der Waals surface area contributed by atoms with Crippen molar-refractivity contribution in [2.24, 2.45) is 0 Å². The van der Waals surface area contributed by atoms with Gasteiger partial charge in [-0.3, -0.25) is 0 Å². The molecule has 1 N–H and O–H groups in total. The maximum atomic E-state index is 9.08. The first-order valence-corrected chi connectivity index (χ1v) is 3.40. The first-order valence-electron chi connectivity index (χ1n) is 3.40. The number of hydrogen-bond acceptors (Lipinski definition) is 2. The van der Waals surface area contributed by atoms with Crippen LogP contribution in [-0.2, 0) is 0 Å². The Morgan fingerprint density at radius 1 is 1.36 bits per heavy atom. The van der Waals surface area contributed by atoms with Crippen LogP contribution in [0.2, 0.25) is 0 Å². The standard InChI is InChI=1S/C9H8O2/c1-11-7-2-3-8-6(4-7)5-9(8)10/h2-5,10H,1H3. The lowest BCUT2D eigenvalue weighted by Gasteiger charge is -2.14. The molecule has 0 atom stereocenters. The van der Waals surface area contributed by atoms with Crippen LogP contribution < -0.4 is 4.74 Å². The summed E-state index contributed by atoms with van der Waals surface area (Å²) in [7, 11) is 1.63. The molecule has 0 saturated heterocycles. The van der Waals surface area contributed by atoms with E-state index >= 15 is 0 Å². The van der Waals surface area contributed by atoms with Crippen molar-refractivity contribution in [3.05, 3.63) is 29.3 Å². The Labute approximate surface area is 64.7 Å². The van der Waals surface area contributed by atoms with Gasteiger partial charge in [-0.25, -0.2) is 0 Å². The summed E-state index contributed by atoms with van der Waals surface area (Å²) in [6, 6.07) is 5.58. The summed E-state index contributed by atoms with van der Waals surface area (Å²) >= 11 is 0. The van der Waals surface area contributed by atoms with Gasteiger partial charge in [0.05, 0.1) is 7.11 Å². The Balaban J connectivity index is 2.44. The zero-order valence-corrected chi connectivity index (χ0v) is 6.16. The van der Waals surface area contributed by atoms with E-state index in [1.807, 2.05) is 18.2 Å². The van der Waals surface area contributed by atoms with Crippen molar-refractivity contribution >= 4 is 11.8 Å². The molecule has 0 bridgehead atoms. The topological polar surface area (TPSA) is 29.5 Å². The Hall–Kier alpha value is -1.44. The first kappa shape index (κ1) is 6.28. The van der Waals surface area contributed by atoms with Crippen LogP contribution in [0.25, 0.3) is 11.8 Å². The number of ether oxygens (including phenoxy) is 1. The number of methoxy groups -OCH3 is 1. The minimum absolute atomic E-state index is 0.364. The highest BCUT2D eigenvalue weighted by molar-refractivity contribution is 5.91. The summed E-state index contributed by atoms with van der Waals surface area (Å²) in [5, 5.41) is 9.08. The second-order valence-electron chi connectivity index (χ2n) is 2.48. The van der Waals surface area contributed by atoms with Crippen molar-refractivity contribution in [2.45, 2.75) is 0 Å². The van der Waals surface area contributed by atoms with Gasteiger partial charge in [0.2, 0.25) is 0 Å². The summed E-state index contributed by atoms with van der Waals surface area (Å²) in [6.07, 6.45) is 1.72. The number of aliphatic hydroxyl groups excluding tert-OH is 1. The number of benzene rings is 1. The summed E-state index contributed by atoms with van der Waals surface area (Å²) < 4.78 is 5.01. The fourth-order valence-electron chi connectivity index (χ4n) is 1.17. The lowest BCUT2D eigenvalue weighted by molar-refractivity contribution is 0.414. The summed E-state index contributed by atoms with van der Waals surface area (Å²) in [4.78, 5) is 0. The van der Waals surface area contributed by atoms with Gasteiger partial charge in [-0.2, -0.15) is 0 Å². The smallest absolute Gasteiger partial charge is 0.124 e. The van der Waals surface area contributed by atoms with Gasteiger partial charge >= 0.3 is 0 Å². The van der Waals surface area contributed by atoms with Crippen LogP contribution in [0, 0.1) is 0 Å². The number of aliphatic hydroxyl groups is 1. The van der Waals surface area contributed by atoms with Gasteiger partial charge in [0.1, 0.15) is 11.5 Å². The van der Waals surface area contributed by atoms with E-state index in [1.54, 1.807) is 13.2 Å². The maximum absolute atomic E-state index is 9.08. The third-order valence-corrected chi connectivity index (χ3v) is 1.83. The Bertz CT molecular complexity index is 326. The molecular formula is C9H8O2. The quantitative estimate of drug-likeness (QED) is 0.660. The highest BCUT2D eigenvalue weighted by Crippen LogP contribution is 2.32. The third-order valence-electron chi connectivity index (χ3n) is 1.83. The molecule has 0 saturated carbocycles. The Morgan fingerprint density at radius 3 is 2.73 bits per heavy atom. The average molecular weight is 148 g/mol. The van der Waals surface area contributed by atoms with Gasteiger partial charge in [0, 0.05) is 5.56 Å². The molecule has 0 aromatic heterocycles. The van der Waals surface area contributed by atoms with E-state index in [-0.39, 0.29) is 0 Å². The van der Waals surface area contributed by atoms with Crippen molar-refractivity contribution in [3.63, 3.8) is 0 Å². The summed E-state index contributed by atoms with van der Waals surface area (Å²) in [6.45, 7) is 0. The number of rotatable bonds is 1. The van der Waals surface area contributed by atoms with E-state index in [0.717, 1.165) is 16.9 Å². The molecule has 2 rings (SSSR count). The summed E-state index contributed by atoms with van der Waals surface area (Å²) in [5.74, 6) is 1.19. The molecular weight excluding hydrogens is 140 g/mol. The molecule has 0 fully saturated rings.